The van der Waals surface area contributed by atoms with Crippen molar-refractivity contribution in [3.05, 3.63) is 18.2 Å². The fourth-order valence-corrected chi connectivity index (χ4v) is 2.79. The summed E-state index contributed by atoms with van der Waals surface area (Å²) >= 11 is 0. The number of aromatic nitrogens is 1. The number of carbonyl (C=O) groups is 1. The van der Waals surface area contributed by atoms with E-state index < -0.39 is 10.8 Å². The van der Waals surface area contributed by atoms with Crippen molar-refractivity contribution in [1.82, 2.24) is 10.3 Å². The average molecular weight is 309 g/mol. The Balaban J connectivity index is 2.06. The second-order valence-corrected chi connectivity index (χ2v) is 6.11. The Morgan fingerprint density at radius 3 is 2.81 bits per heavy atom. The van der Waals surface area contributed by atoms with E-state index >= 15 is 0 Å². The summed E-state index contributed by atoms with van der Waals surface area (Å²) in [5, 5.41) is 2.89. The van der Waals surface area contributed by atoms with Crippen LogP contribution in [0.4, 0.5) is 5.69 Å². The van der Waals surface area contributed by atoms with Crippen LogP contribution in [0.1, 0.15) is 26.7 Å². The second kappa shape index (κ2) is 6.71. The maximum absolute atomic E-state index is 12.1. The van der Waals surface area contributed by atoms with Crippen LogP contribution in [-0.4, -0.2) is 26.9 Å². The number of nitrogens with one attached hydrogen (secondary N) is 1. The summed E-state index contributed by atoms with van der Waals surface area (Å²) in [6.07, 6.45) is 1.69. The number of oxazole rings is 1. The lowest BCUT2D eigenvalue weighted by molar-refractivity contribution is -0.119. The molecule has 1 heterocycles. The Hall–Kier alpha value is -1.89. The highest BCUT2D eigenvalue weighted by Crippen LogP contribution is 2.20. The van der Waals surface area contributed by atoms with Gasteiger partial charge in [0.15, 0.2) is 5.58 Å². The molecule has 0 spiro atoms. The smallest absolute Gasteiger partial charge is 0.288 e. The molecule has 1 unspecified atom stereocenters. The Morgan fingerprint density at radius 2 is 2.14 bits per heavy atom. The van der Waals surface area contributed by atoms with Gasteiger partial charge in [-0.15, -0.1) is 0 Å². The zero-order chi connectivity index (χ0) is 15.4. The Bertz CT molecular complexity index is 665. The maximum atomic E-state index is 12.1. The zero-order valence-corrected chi connectivity index (χ0v) is 12.9. The number of hydrogen-bond donors (Lipinski definition) is 2. The topological polar surface area (TPSA) is 98.2 Å². The van der Waals surface area contributed by atoms with Crippen LogP contribution < -0.4 is 11.1 Å². The molecule has 6 nitrogen and oxygen atoms in total. The van der Waals surface area contributed by atoms with Crippen molar-refractivity contribution in [3.8, 4) is 0 Å². The van der Waals surface area contributed by atoms with Crippen LogP contribution in [0.25, 0.3) is 11.1 Å². The van der Waals surface area contributed by atoms with E-state index in [4.69, 9.17) is 10.2 Å². The first-order valence-corrected chi connectivity index (χ1v) is 8.19. The number of carbonyl (C=O) groups excluding carboxylic acids is 1. The van der Waals surface area contributed by atoms with Gasteiger partial charge < -0.3 is 15.5 Å². The number of rotatable bonds is 6. The first kappa shape index (κ1) is 15.5. The normalized spacial score (nSPS) is 12.7. The van der Waals surface area contributed by atoms with Gasteiger partial charge in [-0.1, -0.05) is 13.8 Å². The van der Waals surface area contributed by atoms with Crippen LogP contribution in [0.15, 0.2) is 27.8 Å². The van der Waals surface area contributed by atoms with Crippen LogP contribution in [-0.2, 0) is 15.6 Å². The molecule has 0 aliphatic rings. The summed E-state index contributed by atoms with van der Waals surface area (Å²) in [6.45, 7) is 3.99. The number of amides is 1. The van der Waals surface area contributed by atoms with Gasteiger partial charge in [0, 0.05) is 11.7 Å². The molecule has 1 amide bonds. The van der Waals surface area contributed by atoms with Gasteiger partial charge in [0.2, 0.25) is 5.91 Å². The lowest BCUT2D eigenvalue weighted by Gasteiger charge is -2.13. The summed E-state index contributed by atoms with van der Waals surface area (Å²) < 4.78 is 17.5. The molecule has 1 aromatic heterocycles. The minimum atomic E-state index is -1.60. The highest BCUT2D eigenvalue weighted by molar-refractivity contribution is 7.85. The molecule has 0 bridgehead atoms. The van der Waals surface area contributed by atoms with Crippen molar-refractivity contribution in [2.45, 2.75) is 38.0 Å². The molecule has 0 aliphatic carbocycles. The molecule has 0 aliphatic heterocycles. The van der Waals surface area contributed by atoms with Crippen molar-refractivity contribution in [1.29, 1.82) is 0 Å². The first-order valence-electron chi connectivity index (χ1n) is 6.87. The van der Waals surface area contributed by atoms with Crippen molar-refractivity contribution in [2.24, 2.45) is 0 Å². The molecule has 2 aromatic rings. The standard InChI is InChI=1S/C14H19N3O3S/c1-3-10(4-2)16-13(18)8-21(19)14-17-11-7-9(15)5-6-12(11)20-14/h5-7,10H,3-4,8,15H2,1-2H3,(H,16,18). The highest BCUT2D eigenvalue weighted by atomic mass is 32.2. The van der Waals surface area contributed by atoms with Gasteiger partial charge in [-0.05, 0) is 31.0 Å². The molecule has 3 N–H and O–H groups in total. The number of nitrogens with two attached hydrogens (primary N) is 1. The van der Waals surface area contributed by atoms with Gasteiger partial charge in [-0.3, -0.25) is 4.79 Å². The number of hydrogen-bond acceptors (Lipinski definition) is 5. The van der Waals surface area contributed by atoms with Gasteiger partial charge in [0.05, 0.1) is 0 Å². The summed E-state index contributed by atoms with van der Waals surface area (Å²) in [6, 6.07) is 5.10. The van der Waals surface area contributed by atoms with Crippen molar-refractivity contribution in [3.63, 3.8) is 0 Å². The number of fused-ring (bicyclic) bond motifs is 1. The zero-order valence-electron chi connectivity index (χ0n) is 12.1. The Morgan fingerprint density at radius 1 is 1.43 bits per heavy atom. The summed E-state index contributed by atoms with van der Waals surface area (Å²) in [7, 11) is -1.60. The van der Waals surface area contributed by atoms with Crippen LogP contribution in [0.5, 0.6) is 0 Å². The van der Waals surface area contributed by atoms with E-state index in [2.05, 4.69) is 10.3 Å². The van der Waals surface area contributed by atoms with E-state index in [9.17, 15) is 9.00 Å². The number of benzene rings is 1. The molecule has 1 atom stereocenters. The molecule has 0 saturated carbocycles. The predicted octanol–water partition coefficient (Wildman–Crippen LogP) is 1.82. The third-order valence-electron chi connectivity index (χ3n) is 3.20. The molecule has 21 heavy (non-hydrogen) atoms. The second-order valence-electron chi connectivity index (χ2n) is 4.78. The molecular weight excluding hydrogens is 290 g/mol. The summed E-state index contributed by atoms with van der Waals surface area (Å²) in [5.74, 6) is -0.414. The lowest BCUT2D eigenvalue weighted by atomic mass is 10.2. The number of nitrogens with zero attached hydrogens (tertiary/aromatic N) is 1. The minimum absolute atomic E-state index is 0.0512. The van der Waals surface area contributed by atoms with Gasteiger partial charge in [-0.25, -0.2) is 9.19 Å². The van der Waals surface area contributed by atoms with Crippen molar-refractivity contribution < 1.29 is 13.4 Å². The van der Waals surface area contributed by atoms with E-state index in [0.717, 1.165) is 12.8 Å². The van der Waals surface area contributed by atoms with Crippen molar-refractivity contribution in [2.75, 3.05) is 11.5 Å². The van der Waals surface area contributed by atoms with E-state index in [1.165, 1.54) is 0 Å². The average Bonchev–Trinajstić information content (AvgIpc) is 2.87. The maximum Gasteiger partial charge on any atom is 0.288 e. The predicted molar refractivity (Wildman–Crippen MR) is 82.2 cm³/mol. The van der Waals surface area contributed by atoms with E-state index in [0.29, 0.717) is 16.8 Å². The van der Waals surface area contributed by atoms with Crippen LogP contribution >= 0.6 is 0 Å². The fourth-order valence-electron chi connectivity index (χ4n) is 1.96. The van der Waals surface area contributed by atoms with Crippen LogP contribution in [0.3, 0.4) is 0 Å². The van der Waals surface area contributed by atoms with Gasteiger partial charge >= 0.3 is 0 Å². The lowest BCUT2D eigenvalue weighted by Crippen LogP contribution is -2.36. The van der Waals surface area contributed by atoms with Crippen LogP contribution in [0.2, 0.25) is 0 Å². The molecule has 0 saturated heterocycles. The van der Waals surface area contributed by atoms with E-state index in [1.54, 1.807) is 18.2 Å². The molecule has 0 radical (unpaired) electrons. The number of anilines is 1. The van der Waals surface area contributed by atoms with Gasteiger partial charge in [0.25, 0.3) is 5.22 Å². The molecule has 2 rings (SSSR count). The van der Waals surface area contributed by atoms with Crippen LogP contribution in [0, 0.1) is 0 Å². The van der Waals surface area contributed by atoms with Crippen molar-refractivity contribution >= 4 is 33.5 Å². The highest BCUT2D eigenvalue weighted by Gasteiger charge is 2.18. The minimum Gasteiger partial charge on any atom is -0.430 e. The van der Waals surface area contributed by atoms with Gasteiger partial charge in [0.1, 0.15) is 22.1 Å². The molecule has 114 valence electrons. The first-order chi connectivity index (χ1) is 10.0. The largest absolute Gasteiger partial charge is 0.430 e. The van der Waals surface area contributed by atoms with Gasteiger partial charge in [-0.2, -0.15) is 0 Å². The Labute approximate surface area is 125 Å². The molecule has 0 fully saturated rings. The third-order valence-corrected chi connectivity index (χ3v) is 4.29. The monoisotopic (exact) mass is 309 g/mol. The third kappa shape index (κ3) is 3.81. The quantitative estimate of drug-likeness (QED) is 0.793. The molecule has 1 aromatic carbocycles. The summed E-state index contributed by atoms with van der Waals surface area (Å²) in [4.78, 5) is 15.9. The fraction of sp³-hybridized carbons (Fsp3) is 0.429. The van der Waals surface area contributed by atoms with E-state index in [-0.39, 0.29) is 22.9 Å². The summed E-state index contributed by atoms with van der Waals surface area (Å²) in [5.41, 5.74) is 7.26. The SMILES string of the molecule is CCC(CC)NC(=O)CS(=O)c1nc2cc(N)ccc2o1. The Kier molecular flexibility index (Phi) is 4.95. The number of nitrogen functional groups attached to an aromatic ring is 1. The molecular formula is C14H19N3O3S. The van der Waals surface area contributed by atoms with E-state index in [1.807, 2.05) is 13.8 Å². The molecule has 7 heteroatoms.